The van der Waals surface area contributed by atoms with Gasteiger partial charge in [0.05, 0.1) is 6.10 Å². The fourth-order valence-electron chi connectivity index (χ4n) is 1.31. The Labute approximate surface area is 96.0 Å². The smallest absolute Gasteiger partial charge is 0.310 e. The third-order valence-corrected chi connectivity index (χ3v) is 3.74. The van der Waals surface area contributed by atoms with E-state index in [-0.39, 0.29) is 0 Å². The normalized spacial score (nSPS) is 20.2. The Morgan fingerprint density at radius 1 is 0.941 bits per heavy atom. The van der Waals surface area contributed by atoms with Gasteiger partial charge in [0.25, 0.3) is 0 Å². The Hall–Kier alpha value is -0.820. The third-order valence-electron chi connectivity index (χ3n) is 2.57. The molecule has 1 nitrogen and oxygen atoms in total. The first-order valence-corrected chi connectivity index (χ1v) is 6.78. The molecule has 1 rings (SSSR count). The summed E-state index contributed by atoms with van der Waals surface area (Å²) in [7, 11) is -9.58. The van der Waals surface area contributed by atoms with Crippen molar-refractivity contribution in [1.82, 2.24) is 0 Å². The number of halogens is 5. The van der Waals surface area contributed by atoms with Crippen molar-refractivity contribution in [3.8, 4) is 0 Å². The average molecular weight is 276 g/mol. The Morgan fingerprint density at radius 2 is 1.35 bits per heavy atom. The number of aliphatic hydroxyl groups excluding tert-OH is 1. The van der Waals surface area contributed by atoms with E-state index in [1.165, 1.54) is 6.92 Å². The van der Waals surface area contributed by atoms with Gasteiger partial charge in [0.1, 0.15) is 4.90 Å². The van der Waals surface area contributed by atoms with Crippen LogP contribution in [0.25, 0.3) is 0 Å². The molecule has 2 unspecified atom stereocenters. The van der Waals surface area contributed by atoms with Crippen molar-refractivity contribution in [2.45, 2.75) is 30.8 Å². The minimum atomic E-state index is -9.58. The zero-order valence-electron chi connectivity index (χ0n) is 9.21. The van der Waals surface area contributed by atoms with Crippen LogP contribution in [-0.2, 0) is 0 Å². The Morgan fingerprint density at radius 3 is 1.65 bits per heavy atom. The van der Waals surface area contributed by atoms with E-state index in [2.05, 4.69) is 0 Å². The van der Waals surface area contributed by atoms with E-state index in [9.17, 15) is 24.5 Å². The molecule has 0 aliphatic carbocycles. The molecule has 0 spiro atoms. The summed E-state index contributed by atoms with van der Waals surface area (Å²) in [5.41, 5.74) is 0.380. The van der Waals surface area contributed by atoms with Crippen LogP contribution in [0.1, 0.15) is 25.3 Å². The van der Waals surface area contributed by atoms with Crippen LogP contribution in [0.2, 0.25) is 0 Å². The maximum Gasteiger partial charge on any atom is 0.310 e. The SMILES string of the molecule is CC(O)C(C)c1ccc(S(F)(F)(F)(F)F)cc1. The molecule has 7 heteroatoms. The highest BCUT2D eigenvalue weighted by molar-refractivity contribution is 8.45. The summed E-state index contributed by atoms with van der Waals surface area (Å²) < 4.78 is 61.9. The lowest BCUT2D eigenvalue weighted by atomic mass is 9.97. The number of rotatable bonds is 3. The number of aliphatic hydroxyl groups is 1. The third kappa shape index (κ3) is 3.57. The van der Waals surface area contributed by atoms with Gasteiger partial charge in [-0.3, -0.25) is 0 Å². The zero-order chi connectivity index (χ0) is 13.5. The van der Waals surface area contributed by atoms with Crippen LogP contribution in [0.5, 0.6) is 0 Å². The quantitative estimate of drug-likeness (QED) is 0.784. The molecule has 0 fully saturated rings. The highest BCUT2D eigenvalue weighted by atomic mass is 32.5. The molecule has 17 heavy (non-hydrogen) atoms. The van der Waals surface area contributed by atoms with Crippen LogP contribution in [-0.4, -0.2) is 11.2 Å². The van der Waals surface area contributed by atoms with Gasteiger partial charge in [-0.05, 0) is 24.6 Å². The first-order chi connectivity index (χ1) is 7.31. The molecule has 0 aliphatic rings. The summed E-state index contributed by atoms with van der Waals surface area (Å²) in [6.45, 7) is 3.07. The molecule has 0 aromatic heterocycles. The maximum atomic E-state index is 12.4. The standard InChI is InChI=1S/C10H13F5OS/c1-7(8(2)16)9-3-5-10(6-4-9)17(11,12,13,14)15/h3-8,16H,1-2H3. The lowest BCUT2D eigenvalue weighted by Crippen LogP contribution is -2.11. The van der Waals surface area contributed by atoms with E-state index in [1.807, 2.05) is 0 Å². The van der Waals surface area contributed by atoms with Gasteiger partial charge in [-0.25, -0.2) is 0 Å². The molecule has 0 aliphatic heterocycles. The predicted octanol–water partition coefficient (Wildman–Crippen LogP) is 4.83. The van der Waals surface area contributed by atoms with Crippen LogP contribution in [0.4, 0.5) is 19.4 Å². The zero-order valence-corrected chi connectivity index (χ0v) is 10.0. The first-order valence-electron chi connectivity index (χ1n) is 4.83. The van der Waals surface area contributed by atoms with Crippen LogP contribution in [0.3, 0.4) is 0 Å². The fourth-order valence-corrected chi connectivity index (χ4v) is 1.96. The highest BCUT2D eigenvalue weighted by Crippen LogP contribution is 3.02. The van der Waals surface area contributed by atoms with Crippen LogP contribution >= 0.6 is 10.2 Å². The molecule has 0 radical (unpaired) electrons. The number of benzene rings is 1. The number of hydrogen-bond donors (Lipinski definition) is 1. The molecular weight excluding hydrogens is 263 g/mol. The molecule has 0 saturated carbocycles. The number of hydrogen-bond acceptors (Lipinski definition) is 1. The summed E-state index contributed by atoms with van der Waals surface area (Å²) in [4.78, 5) is -1.91. The van der Waals surface area contributed by atoms with Crippen LogP contribution < -0.4 is 0 Å². The summed E-state index contributed by atoms with van der Waals surface area (Å²) in [6.07, 6.45) is -0.763. The monoisotopic (exact) mass is 276 g/mol. The van der Waals surface area contributed by atoms with Crippen LogP contribution in [0, 0.1) is 0 Å². The second-order valence-electron chi connectivity index (χ2n) is 4.07. The Bertz CT molecular complexity index is 408. The van der Waals surface area contributed by atoms with Crippen molar-refractivity contribution in [1.29, 1.82) is 0 Å². The molecule has 0 amide bonds. The van der Waals surface area contributed by atoms with Gasteiger partial charge >= 0.3 is 10.2 Å². The van der Waals surface area contributed by atoms with Gasteiger partial charge in [0, 0.05) is 5.92 Å². The van der Waals surface area contributed by atoms with Gasteiger partial charge in [-0.1, -0.05) is 38.5 Å². The Balaban J connectivity index is 3.15. The molecule has 1 aromatic rings. The predicted molar refractivity (Wildman–Crippen MR) is 57.9 cm³/mol. The van der Waals surface area contributed by atoms with Gasteiger partial charge in [-0.15, -0.1) is 0 Å². The van der Waals surface area contributed by atoms with Gasteiger partial charge in [-0.2, -0.15) is 0 Å². The van der Waals surface area contributed by atoms with Crippen molar-refractivity contribution < 1.29 is 24.5 Å². The lowest BCUT2D eigenvalue weighted by Gasteiger charge is -2.40. The molecule has 2 atom stereocenters. The highest BCUT2D eigenvalue weighted by Gasteiger charge is 2.65. The van der Waals surface area contributed by atoms with Crippen LogP contribution in [0.15, 0.2) is 29.2 Å². The van der Waals surface area contributed by atoms with Crippen molar-refractivity contribution in [3.63, 3.8) is 0 Å². The average Bonchev–Trinajstić information content (AvgIpc) is 2.13. The molecular formula is C10H13F5OS. The van der Waals surface area contributed by atoms with Crippen molar-refractivity contribution in [2.24, 2.45) is 0 Å². The summed E-state index contributed by atoms with van der Waals surface area (Å²) >= 11 is 0. The fraction of sp³-hybridized carbons (Fsp3) is 0.400. The molecule has 1 N–H and O–H groups in total. The van der Waals surface area contributed by atoms with Crippen molar-refractivity contribution in [2.75, 3.05) is 0 Å². The molecule has 1 aromatic carbocycles. The van der Waals surface area contributed by atoms with E-state index in [0.717, 1.165) is 12.1 Å². The van der Waals surface area contributed by atoms with E-state index in [1.54, 1.807) is 6.92 Å². The van der Waals surface area contributed by atoms with Crippen molar-refractivity contribution in [3.05, 3.63) is 29.8 Å². The molecule has 100 valence electrons. The summed E-state index contributed by atoms with van der Waals surface area (Å²) in [6, 6.07) is 2.64. The van der Waals surface area contributed by atoms with E-state index in [0.29, 0.717) is 17.7 Å². The van der Waals surface area contributed by atoms with Gasteiger partial charge in [0.15, 0.2) is 0 Å². The Kier molecular flexibility index (Phi) is 2.81. The maximum absolute atomic E-state index is 12.4. The minimum absolute atomic E-state index is 0.357. The van der Waals surface area contributed by atoms with E-state index >= 15 is 0 Å². The summed E-state index contributed by atoms with van der Waals surface area (Å²) in [5, 5.41) is 9.24. The second kappa shape index (κ2) is 3.35. The minimum Gasteiger partial charge on any atom is -0.393 e. The first kappa shape index (κ1) is 14.2. The lowest BCUT2D eigenvalue weighted by molar-refractivity contribution is 0.169. The largest absolute Gasteiger partial charge is 0.393 e. The van der Waals surface area contributed by atoms with E-state index < -0.39 is 27.1 Å². The molecule has 0 saturated heterocycles. The second-order valence-corrected chi connectivity index (χ2v) is 6.48. The topological polar surface area (TPSA) is 20.2 Å². The van der Waals surface area contributed by atoms with Crippen molar-refractivity contribution >= 4 is 10.2 Å². The van der Waals surface area contributed by atoms with Gasteiger partial charge in [0.2, 0.25) is 0 Å². The molecule has 0 bridgehead atoms. The van der Waals surface area contributed by atoms with E-state index in [4.69, 9.17) is 0 Å². The summed E-state index contributed by atoms with van der Waals surface area (Å²) in [5.74, 6) is -0.414. The van der Waals surface area contributed by atoms with Gasteiger partial charge < -0.3 is 5.11 Å². The molecule has 0 heterocycles.